The summed E-state index contributed by atoms with van der Waals surface area (Å²) < 4.78 is 0. The quantitative estimate of drug-likeness (QED) is 0.815. The van der Waals surface area contributed by atoms with Gasteiger partial charge in [-0.3, -0.25) is 9.59 Å². The number of hydrogen-bond acceptors (Lipinski definition) is 2. The molecule has 1 aromatic carbocycles. The first-order valence-electron chi connectivity index (χ1n) is 6.74. The van der Waals surface area contributed by atoms with Gasteiger partial charge in [0.25, 0.3) is 0 Å². The molecule has 0 aromatic heterocycles. The molecule has 0 saturated carbocycles. The highest BCUT2D eigenvalue weighted by Crippen LogP contribution is 2.17. The third kappa shape index (κ3) is 3.13. The summed E-state index contributed by atoms with van der Waals surface area (Å²) in [6.07, 6.45) is 0.396. The van der Waals surface area contributed by atoms with Crippen molar-refractivity contribution in [1.82, 2.24) is 4.90 Å². The van der Waals surface area contributed by atoms with Gasteiger partial charge in [-0.05, 0) is 12.1 Å². The van der Waals surface area contributed by atoms with Crippen molar-refractivity contribution in [3.05, 3.63) is 30.3 Å². The summed E-state index contributed by atoms with van der Waals surface area (Å²) in [5.41, 5.74) is 0.909. The molecule has 1 aliphatic rings. The summed E-state index contributed by atoms with van der Waals surface area (Å²) in [4.78, 5) is 27.7. The van der Waals surface area contributed by atoms with Crippen molar-refractivity contribution in [2.45, 2.75) is 20.3 Å². The summed E-state index contributed by atoms with van der Waals surface area (Å²) in [5.74, 6) is 0.200. The van der Waals surface area contributed by atoms with E-state index < -0.39 is 0 Å². The number of para-hydroxylation sites is 1. The lowest BCUT2D eigenvalue weighted by molar-refractivity contribution is -0.134. The van der Waals surface area contributed by atoms with E-state index in [-0.39, 0.29) is 17.7 Å². The Morgan fingerprint density at radius 1 is 1.11 bits per heavy atom. The molecular formula is C15H20N2O2. The van der Waals surface area contributed by atoms with E-state index in [2.05, 4.69) is 0 Å². The van der Waals surface area contributed by atoms with E-state index in [0.29, 0.717) is 26.1 Å². The Morgan fingerprint density at radius 2 is 1.79 bits per heavy atom. The van der Waals surface area contributed by atoms with Crippen molar-refractivity contribution < 1.29 is 9.59 Å². The Labute approximate surface area is 114 Å². The molecule has 2 rings (SSSR count). The molecule has 1 heterocycles. The highest BCUT2D eigenvalue weighted by molar-refractivity contribution is 5.94. The van der Waals surface area contributed by atoms with Crippen LogP contribution in [0.15, 0.2) is 30.3 Å². The Hall–Kier alpha value is -1.84. The van der Waals surface area contributed by atoms with Gasteiger partial charge in [0.1, 0.15) is 0 Å². The summed E-state index contributed by atoms with van der Waals surface area (Å²) >= 11 is 0. The molecule has 0 radical (unpaired) electrons. The van der Waals surface area contributed by atoms with Crippen LogP contribution in [0.1, 0.15) is 20.3 Å². The van der Waals surface area contributed by atoms with Gasteiger partial charge in [-0.15, -0.1) is 0 Å². The highest BCUT2D eigenvalue weighted by Gasteiger charge is 2.25. The van der Waals surface area contributed by atoms with Gasteiger partial charge < -0.3 is 9.80 Å². The zero-order chi connectivity index (χ0) is 13.8. The number of carbonyl (C=O) groups is 2. The molecule has 1 aromatic rings. The molecule has 19 heavy (non-hydrogen) atoms. The summed E-state index contributed by atoms with van der Waals surface area (Å²) in [6.45, 7) is 5.49. The van der Waals surface area contributed by atoms with Crippen molar-refractivity contribution >= 4 is 17.5 Å². The van der Waals surface area contributed by atoms with Crippen molar-refractivity contribution in [2.24, 2.45) is 5.92 Å². The average Bonchev–Trinajstić information content (AvgIpc) is 2.61. The molecule has 0 atom stereocenters. The van der Waals surface area contributed by atoms with Crippen LogP contribution in [0.2, 0.25) is 0 Å². The maximum Gasteiger partial charge on any atom is 0.228 e. The fraction of sp³-hybridized carbons (Fsp3) is 0.467. The maximum absolute atomic E-state index is 12.1. The van der Waals surface area contributed by atoms with Crippen LogP contribution in [0.4, 0.5) is 5.69 Å². The second kappa shape index (κ2) is 5.87. The molecule has 4 heteroatoms. The summed E-state index contributed by atoms with van der Waals surface area (Å²) in [7, 11) is 0. The predicted octanol–water partition coefficient (Wildman–Crippen LogP) is 1.91. The second-order valence-corrected chi connectivity index (χ2v) is 5.11. The predicted molar refractivity (Wildman–Crippen MR) is 74.8 cm³/mol. The van der Waals surface area contributed by atoms with Crippen LogP contribution in [-0.4, -0.2) is 36.3 Å². The Balaban J connectivity index is 2.10. The zero-order valence-corrected chi connectivity index (χ0v) is 11.5. The first-order chi connectivity index (χ1) is 9.09. The van der Waals surface area contributed by atoms with Gasteiger partial charge in [0, 0.05) is 37.7 Å². The first-order valence-corrected chi connectivity index (χ1v) is 6.74. The molecular weight excluding hydrogens is 240 g/mol. The molecule has 0 aliphatic carbocycles. The van der Waals surface area contributed by atoms with Crippen LogP contribution in [-0.2, 0) is 9.59 Å². The van der Waals surface area contributed by atoms with E-state index in [1.165, 1.54) is 0 Å². The van der Waals surface area contributed by atoms with Gasteiger partial charge in [0.05, 0.1) is 0 Å². The molecule has 102 valence electrons. The van der Waals surface area contributed by atoms with Gasteiger partial charge in [-0.2, -0.15) is 0 Å². The SMILES string of the molecule is CC(C)C(=O)N1CCC(=O)N(c2ccccc2)CC1. The van der Waals surface area contributed by atoms with Gasteiger partial charge in [0.2, 0.25) is 11.8 Å². The average molecular weight is 260 g/mol. The lowest BCUT2D eigenvalue weighted by Gasteiger charge is -2.23. The van der Waals surface area contributed by atoms with E-state index in [9.17, 15) is 9.59 Å². The van der Waals surface area contributed by atoms with Gasteiger partial charge in [0.15, 0.2) is 0 Å². The topological polar surface area (TPSA) is 40.6 Å². The van der Waals surface area contributed by atoms with Crippen molar-refractivity contribution in [3.8, 4) is 0 Å². The highest BCUT2D eigenvalue weighted by atomic mass is 16.2. The van der Waals surface area contributed by atoms with Gasteiger partial charge in [-0.1, -0.05) is 32.0 Å². The largest absolute Gasteiger partial charge is 0.340 e. The number of hydrogen-bond donors (Lipinski definition) is 0. The van der Waals surface area contributed by atoms with Crippen LogP contribution >= 0.6 is 0 Å². The van der Waals surface area contributed by atoms with E-state index >= 15 is 0 Å². The molecule has 1 fully saturated rings. The molecule has 1 saturated heterocycles. The van der Waals surface area contributed by atoms with E-state index in [0.717, 1.165) is 5.69 Å². The Kier molecular flexibility index (Phi) is 4.20. The minimum Gasteiger partial charge on any atom is -0.340 e. The van der Waals surface area contributed by atoms with Crippen LogP contribution < -0.4 is 4.90 Å². The van der Waals surface area contributed by atoms with Gasteiger partial charge in [-0.25, -0.2) is 0 Å². The van der Waals surface area contributed by atoms with E-state index in [4.69, 9.17) is 0 Å². The fourth-order valence-electron chi connectivity index (χ4n) is 2.29. The smallest absolute Gasteiger partial charge is 0.228 e. The number of benzene rings is 1. The molecule has 1 aliphatic heterocycles. The third-order valence-electron chi connectivity index (χ3n) is 3.36. The zero-order valence-electron chi connectivity index (χ0n) is 11.5. The van der Waals surface area contributed by atoms with Crippen molar-refractivity contribution in [3.63, 3.8) is 0 Å². The standard InChI is InChI=1S/C15H20N2O2/c1-12(2)15(19)16-9-8-14(18)17(11-10-16)13-6-4-3-5-7-13/h3-7,12H,8-11H2,1-2H3. The normalized spacial score (nSPS) is 16.7. The fourth-order valence-corrected chi connectivity index (χ4v) is 2.29. The number of amides is 2. The first kappa shape index (κ1) is 13.6. The molecule has 0 bridgehead atoms. The third-order valence-corrected chi connectivity index (χ3v) is 3.36. The maximum atomic E-state index is 12.1. The number of rotatable bonds is 2. The molecule has 2 amide bonds. The van der Waals surface area contributed by atoms with Crippen LogP contribution in [0, 0.1) is 5.92 Å². The minimum atomic E-state index is -0.0154. The number of carbonyl (C=O) groups excluding carboxylic acids is 2. The van der Waals surface area contributed by atoms with Crippen LogP contribution in [0.3, 0.4) is 0 Å². The van der Waals surface area contributed by atoms with Crippen LogP contribution in [0.25, 0.3) is 0 Å². The van der Waals surface area contributed by atoms with Crippen molar-refractivity contribution in [2.75, 3.05) is 24.5 Å². The van der Waals surface area contributed by atoms with E-state index in [1.54, 1.807) is 9.80 Å². The molecule has 4 nitrogen and oxygen atoms in total. The minimum absolute atomic E-state index is 0.0154. The molecule has 0 N–H and O–H groups in total. The molecule has 0 spiro atoms. The van der Waals surface area contributed by atoms with Crippen LogP contribution in [0.5, 0.6) is 0 Å². The Morgan fingerprint density at radius 3 is 2.42 bits per heavy atom. The lowest BCUT2D eigenvalue weighted by atomic mass is 10.2. The summed E-state index contributed by atoms with van der Waals surface area (Å²) in [5, 5.41) is 0. The summed E-state index contributed by atoms with van der Waals surface area (Å²) in [6, 6.07) is 9.63. The number of nitrogens with zero attached hydrogens (tertiary/aromatic N) is 2. The second-order valence-electron chi connectivity index (χ2n) is 5.11. The molecule has 0 unspecified atom stereocenters. The van der Waals surface area contributed by atoms with E-state index in [1.807, 2.05) is 44.2 Å². The van der Waals surface area contributed by atoms with Crippen molar-refractivity contribution in [1.29, 1.82) is 0 Å². The number of anilines is 1. The monoisotopic (exact) mass is 260 g/mol. The van der Waals surface area contributed by atoms with Gasteiger partial charge >= 0.3 is 0 Å². The lowest BCUT2D eigenvalue weighted by Crippen LogP contribution is -2.37. The Bertz CT molecular complexity index is 456.